The molecule has 0 aliphatic carbocycles. The van der Waals surface area contributed by atoms with Crippen molar-refractivity contribution in [2.45, 2.75) is 27.3 Å². The van der Waals surface area contributed by atoms with Crippen molar-refractivity contribution in [3.63, 3.8) is 0 Å². The molecule has 0 saturated heterocycles. The Balaban J connectivity index is 1.91. The van der Waals surface area contributed by atoms with Crippen LogP contribution in [0, 0.1) is 32.1 Å². The molecule has 0 saturated carbocycles. The molecule has 0 atom stereocenters. The molecule has 0 aliphatic rings. The van der Waals surface area contributed by atoms with Crippen molar-refractivity contribution < 1.29 is 9.21 Å². The van der Waals surface area contributed by atoms with Crippen LogP contribution in [0.25, 0.3) is 11.8 Å². The van der Waals surface area contributed by atoms with Gasteiger partial charge in [-0.2, -0.15) is 5.26 Å². The number of rotatable bonds is 5. The number of furan rings is 1. The van der Waals surface area contributed by atoms with E-state index in [1.165, 1.54) is 6.26 Å². The second-order valence-electron chi connectivity index (χ2n) is 6.48. The third-order valence-electron chi connectivity index (χ3n) is 4.62. The fourth-order valence-electron chi connectivity index (χ4n) is 3.12. The van der Waals surface area contributed by atoms with Gasteiger partial charge in [0.1, 0.15) is 17.4 Å². The zero-order valence-electron chi connectivity index (χ0n) is 15.9. The van der Waals surface area contributed by atoms with Crippen LogP contribution in [0.15, 0.2) is 52.7 Å². The van der Waals surface area contributed by atoms with Crippen molar-refractivity contribution in [2.75, 3.05) is 0 Å². The fraction of sp³-hybridized carbons (Fsp3) is 0.182. The molecule has 2 heterocycles. The van der Waals surface area contributed by atoms with Crippen LogP contribution in [0.1, 0.15) is 28.3 Å². The molecule has 1 aromatic carbocycles. The number of hydrogen-bond acceptors (Lipinski definition) is 3. The summed E-state index contributed by atoms with van der Waals surface area (Å²) < 4.78 is 7.26. The van der Waals surface area contributed by atoms with Crippen LogP contribution in [-0.4, -0.2) is 10.5 Å². The minimum absolute atomic E-state index is 0.0367. The lowest BCUT2D eigenvalue weighted by molar-refractivity contribution is -0.117. The SMILES string of the molecule is Cc1c(Cl)cccc1-n1c(C)cc(/C=C(\C#N)C(=O)NCc2ccco2)c1C. The van der Waals surface area contributed by atoms with E-state index in [1.54, 1.807) is 18.2 Å². The average molecular weight is 394 g/mol. The van der Waals surface area contributed by atoms with Crippen LogP contribution in [0.5, 0.6) is 0 Å². The molecule has 2 aromatic heterocycles. The minimum atomic E-state index is -0.442. The summed E-state index contributed by atoms with van der Waals surface area (Å²) in [6, 6.07) is 13.2. The fourth-order valence-corrected chi connectivity index (χ4v) is 3.29. The quantitative estimate of drug-likeness (QED) is 0.496. The predicted molar refractivity (Wildman–Crippen MR) is 109 cm³/mol. The van der Waals surface area contributed by atoms with E-state index in [-0.39, 0.29) is 12.1 Å². The first-order valence-electron chi connectivity index (χ1n) is 8.79. The van der Waals surface area contributed by atoms with Gasteiger partial charge in [0.15, 0.2) is 0 Å². The van der Waals surface area contributed by atoms with E-state index in [0.717, 1.165) is 28.2 Å². The van der Waals surface area contributed by atoms with Crippen LogP contribution >= 0.6 is 11.6 Å². The number of aromatic nitrogens is 1. The van der Waals surface area contributed by atoms with Crippen molar-refractivity contribution in [2.24, 2.45) is 0 Å². The zero-order chi connectivity index (χ0) is 20.3. The summed E-state index contributed by atoms with van der Waals surface area (Å²) in [6.45, 7) is 6.13. The molecule has 0 unspecified atom stereocenters. The van der Waals surface area contributed by atoms with Gasteiger partial charge in [-0.15, -0.1) is 0 Å². The van der Waals surface area contributed by atoms with Crippen molar-refractivity contribution in [1.29, 1.82) is 5.26 Å². The first-order chi connectivity index (χ1) is 13.4. The number of halogens is 1. The number of amides is 1. The van der Waals surface area contributed by atoms with Gasteiger partial charge in [0.25, 0.3) is 5.91 Å². The minimum Gasteiger partial charge on any atom is -0.467 e. The maximum absolute atomic E-state index is 12.4. The normalized spacial score (nSPS) is 11.3. The first kappa shape index (κ1) is 19.5. The van der Waals surface area contributed by atoms with E-state index in [2.05, 4.69) is 9.88 Å². The topological polar surface area (TPSA) is 71.0 Å². The molecule has 1 amide bonds. The van der Waals surface area contributed by atoms with Crippen molar-refractivity contribution in [3.05, 3.63) is 81.5 Å². The monoisotopic (exact) mass is 393 g/mol. The zero-order valence-corrected chi connectivity index (χ0v) is 16.7. The lowest BCUT2D eigenvalue weighted by Crippen LogP contribution is -2.23. The maximum Gasteiger partial charge on any atom is 0.262 e. The molecule has 5 nitrogen and oxygen atoms in total. The third-order valence-corrected chi connectivity index (χ3v) is 5.03. The summed E-state index contributed by atoms with van der Waals surface area (Å²) in [7, 11) is 0. The maximum atomic E-state index is 12.4. The van der Waals surface area contributed by atoms with Gasteiger partial charge in [0.05, 0.1) is 12.8 Å². The molecule has 3 rings (SSSR count). The van der Waals surface area contributed by atoms with E-state index in [4.69, 9.17) is 16.0 Å². The number of nitrogens with one attached hydrogen (secondary N) is 1. The molecule has 0 aliphatic heterocycles. The summed E-state index contributed by atoms with van der Waals surface area (Å²) in [5.74, 6) is 0.183. The summed E-state index contributed by atoms with van der Waals surface area (Å²) in [5.41, 5.74) is 4.70. The highest BCUT2D eigenvalue weighted by molar-refractivity contribution is 6.31. The Kier molecular flexibility index (Phi) is 5.72. The summed E-state index contributed by atoms with van der Waals surface area (Å²) >= 11 is 6.27. The number of hydrogen-bond donors (Lipinski definition) is 1. The lowest BCUT2D eigenvalue weighted by atomic mass is 10.1. The van der Waals surface area contributed by atoms with E-state index in [0.29, 0.717) is 10.8 Å². The largest absolute Gasteiger partial charge is 0.467 e. The van der Waals surface area contributed by atoms with Gasteiger partial charge in [-0.3, -0.25) is 4.79 Å². The van der Waals surface area contributed by atoms with Crippen LogP contribution in [0.2, 0.25) is 5.02 Å². The molecule has 28 heavy (non-hydrogen) atoms. The molecule has 6 heteroatoms. The van der Waals surface area contributed by atoms with E-state index in [9.17, 15) is 10.1 Å². The van der Waals surface area contributed by atoms with Gasteiger partial charge in [0.2, 0.25) is 0 Å². The van der Waals surface area contributed by atoms with Gasteiger partial charge in [-0.05, 0) is 68.3 Å². The Morgan fingerprint density at radius 1 is 1.29 bits per heavy atom. The Morgan fingerprint density at radius 2 is 2.07 bits per heavy atom. The van der Waals surface area contributed by atoms with Gasteiger partial charge < -0.3 is 14.3 Å². The summed E-state index contributed by atoms with van der Waals surface area (Å²) in [4.78, 5) is 12.4. The molecule has 0 bridgehead atoms. The summed E-state index contributed by atoms with van der Waals surface area (Å²) in [5, 5.41) is 12.8. The number of nitrogens with zero attached hydrogens (tertiary/aromatic N) is 2. The van der Waals surface area contributed by atoms with Crippen LogP contribution < -0.4 is 5.32 Å². The molecular weight excluding hydrogens is 374 g/mol. The molecule has 3 aromatic rings. The van der Waals surface area contributed by atoms with E-state index in [1.807, 2.05) is 51.1 Å². The molecule has 142 valence electrons. The number of benzene rings is 1. The number of carbonyl (C=O) groups is 1. The van der Waals surface area contributed by atoms with Crippen LogP contribution in [0.4, 0.5) is 0 Å². The number of carbonyl (C=O) groups excluding carboxylic acids is 1. The molecule has 0 spiro atoms. The van der Waals surface area contributed by atoms with Crippen molar-refractivity contribution >= 4 is 23.6 Å². The van der Waals surface area contributed by atoms with Crippen molar-refractivity contribution in [3.8, 4) is 11.8 Å². The van der Waals surface area contributed by atoms with Gasteiger partial charge in [-0.25, -0.2) is 0 Å². The lowest BCUT2D eigenvalue weighted by Gasteiger charge is -2.13. The molecule has 0 radical (unpaired) electrons. The van der Waals surface area contributed by atoms with E-state index >= 15 is 0 Å². The first-order valence-corrected chi connectivity index (χ1v) is 9.17. The van der Waals surface area contributed by atoms with Gasteiger partial charge in [0, 0.05) is 22.1 Å². The van der Waals surface area contributed by atoms with Gasteiger partial charge >= 0.3 is 0 Å². The Hall–Kier alpha value is -3.23. The molecular formula is C22H20ClN3O2. The Bertz CT molecular complexity index is 1090. The van der Waals surface area contributed by atoms with Crippen LogP contribution in [-0.2, 0) is 11.3 Å². The third kappa shape index (κ3) is 3.88. The Morgan fingerprint density at radius 3 is 2.75 bits per heavy atom. The highest BCUT2D eigenvalue weighted by atomic mass is 35.5. The van der Waals surface area contributed by atoms with Crippen molar-refractivity contribution in [1.82, 2.24) is 9.88 Å². The average Bonchev–Trinajstić information content (AvgIpc) is 3.28. The number of nitriles is 1. The highest BCUT2D eigenvalue weighted by Crippen LogP contribution is 2.28. The summed E-state index contributed by atoms with van der Waals surface area (Å²) in [6.07, 6.45) is 3.14. The smallest absolute Gasteiger partial charge is 0.262 e. The van der Waals surface area contributed by atoms with E-state index < -0.39 is 5.91 Å². The predicted octanol–water partition coefficient (Wildman–Crippen LogP) is 4.87. The highest BCUT2D eigenvalue weighted by Gasteiger charge is 2.15. The molecule has 1 N–H and O–H groups in total. The standard InChI is InChI=1S/C22H20ClN3O2/c1-14-10-17(16(3)26(14)21-8-4-7-20(23)15(21)2)11-18(12-24)22(27)25-13-19-6-5-9-28-19/h4-11H,13H2,1-3H3,(H,25,27)/b18-11+. The number of aryl methyl sites for hydroxylation is 1. The van der Waals surface area contributed by atoms with Gasteiger partial charge in [-0.1, -0.05) is 17.7 Å². The Labute approximate surface area is 168 Å². The second kappa shape index (κ2) is 8.20. The second-order valence-corrected chi connectivity index (χ2v) is 6.88. The van der Waals surface area contributed by atoms with Crippen LogP contribution in [0.3, 0.4) is 0 Å². The molecule has 0 fully saturated rings.